The molecule has 0 aliphatic heterocycles. The Morgan fingerprint density at radius 3 is 3.45 bits per heavy atom. The van der Waals surface area contributed by atoms with Crippen molar-refractivity contribution in [1.82, 2.24) is 15.2 Å². The SMILES string of the molecule is [2H]C([2H])([2H])c1[nH]nc2cc(Cl)ncc12. The molecule has 2 heterocycles. The van der Waals surface area contributed by atoms with Gasteiger partial charge in [-0.2, -0.15) is 5.10 Å². The van der Waals surface area contributed by atoms with Crippen LogP contribution in [0.15, 0.2) is 12.3 Å². The summed E-state index contributed by atoms with van der Waals surface area (Å²) in [5.41, 5.74) is 0.604. The summed E-state index contributed by atoms with van der Waals surface area (Å²) in [6.07, 6.45) is 1.41. The van der Waals surface area contributed by atoms with E-state index in [0.717, 1.165) is 0 Å². The van der Waals surface area contributed by atoms with Crippen LogP contribution in [0.1, 0.15) is 9.81 Å². The molecule has 4 heteroatoms. The standard InChI is InChI=1S/C7H6ClN3/c1-4-5-3-9-7(8)2-6(5)11-10-4/h2-3H,1H3,(H,10,11)/i1D3. The summed E-state index contributed by atoms with van der Waals surface area (Å²) in [5, 5.41) is 7.08. The van der Waals surface area contributed by atoms with Crippen molar-refractivity contribution in [3.8, 4) is 0 Å². The second kappa shape index (κ2) is 2.20. The number of rotatable bonds is 0. The first kappa shape index (κ1) is 4.07. The third-order valence-corrected chi connectivity index (χ3v) is 1.61. The van der Waals surface area contributed by atoms with Gasteiger partial charge in [0.15, 0.2) is 0 Å². The van der Waals surface area contributed by atoms with E-state index in [1.165, 1.54) is 12.3 Å². The van der Waals surface area contributed by atoms with E-state index in [9.17, 15) is 0 Å². The first-order valence-electron chi connectivity index (χ1n) is 4.48. The van der Waals surface area contributed by atoms with E-state index in [0.29, 0.717) is 16.1 Å². The van der Waals surface area contributed by atoms with Crippen LogP contribution in [0, 0.1) is 6.85 Å². The van der Waals surface area contributed by atoms with Crippen LogP contribution in [0.25, 0.3) is 10.9 Å². The molecule has 0 radical (unpaired) electrons. The van der Waals surface area contributed by atoms with Crippen molar-refractivity contribution in [2.75, 3.05) is 0 Å². The number of H-pyrrole nitrogens is 1. The van der Waals surface area contributed by atoms with E-state index in [1.54, 1.807) is 0 Å². The zero-order valence-corrected chi connectivity index (χ0v) is 6.18. The maximum atomic E-state index is 7.23. The molecule has 0 spiro atoms. The molecule has 0 saturated carbocycles. The van der Waals surface area contributed by atoms with Crippen LogP contribution >= 0.6 is 11.6 Å². The molecule has 56 valence electrons. The number of aryl methyl sites for hydroxylation is 1. The Labute approximate surface area is 72.6 Å². The molecule has 0 amide bonds. The first-order chi connectivity index (χ1) is 6.48. The van der Waals surface area contributed by atoms with Crippen molar-refractivity contribution in [1.29, 1.82) is 0 Å². The van der Waals surface area contributed by atoms with Gasteiger partial charge in [-0.1, -0.05) is 11.6 Å². The Bertz CT molecular complexity index is 476. The van der Waals surface area contributed by atoms with Gasteiger partial charge in [-0.25, -0.2) is 4.98 Å². The second-order valence-corrected chi connectivity index (χ2v) is 2.51. The third-order valence-electron chi connectivity index (χ3n) is 1.41. The van der Waals surface area contributed by atoms with Crippen LogP contribution in [0.5, 0.6) is 0 Å². The number of nitrogens with one attached hydrogen (secondary N) is 1. The van der Waals surface area contributed by atoms with Gasteiger partial charge in [0.25, 0.3) is 0 Å². The van der Waals surface area contributed by atoms with Crippen molar-refractivity contribution in [2.45, 2.75) is 6.85 Å². The number of hydrogen-bond acceptors (Lipinski definition) is 2. The van der Waals surface area contributed by atoms with Crippen LogP contribution in [0.4, 0.5) is 0 Å². The van der Waals surface area contributed by atoms with E-state index in [4.69, 9.17) is 15.7 Å². The van der Waals surface area contributed by atoms with Crippen molar-refractivity contribution in [2.24, 2.45) is 0 Å². The lowest BCUT2D eigenvalue weighted by Gasteiger charge is -1.88. The number of halogens is 1. The normalized spacial score (nSPS) is 15.9. The summed E-state index contributed by atoms with van der Waals surface area (Å²) < 4.78 is 21.7. The largest absolute Gasteiger partial charge is 0.282 e. The molecule has 2 aromatic rings. The first-order valence-corrected chi connectivity index (χ1v) is 3.36. The van der Waals surface area contributed by atoms with Gasteiger partial charge in [0.05, 0.1) is 5.52 Å². The molecule has 2 aromatic heterocycles. The topological polar surface area (TPSA) is 41.6 Å². The molecule has 0 fully saturated rings. The summed E-state index contributed by atoms with van der Waals surface area (Å²) in [6, 6.07) is 1.52. The van der Waals surface area contributed by atoms with Gasteiger partial charge in [0.2, 0.25) is 0 Å². The zero-order chi connectivity index (χ0) is 10.3. The molecular weight excluding hydrogens is 162 g/mol. The lowest BCUT2D eigenvalue weighted by molar-refractivity contribution is 1.07. The minimum Gasteiger partial charge on any atom is -0.282 e. The van der Waals surface area contributed by atoms with Gasteiger partial charge >= 0.3 is 0 Å². The van der Waals surface area contributed by atoms with E-state index in [1.807, 2.05) is 0 Å². The summed E-state index contributed by atoms with van der Waals surface area (Å²) in [5.74, 6) is 0. The monoisotopic (exact) mass is 170 g/mol. The average molecular weight is 171 g/mol. The smallest absolute Gasteiger partial charge is 0.131 e. The maximum Gasteiger partial charge on any atom is 0.131 e. The summed E-state index contributed by atoms with van der Waals surface area (Å²) in [7, 11) is 0. The fourth-order valence-electron chi connectivity index (χ4n) is 0.882. The molecule has 0 aromatic carbocycles. The summed E-state index contributed by atoms with van der Waals surface area (Å²) in [6.45, 7) is -2.20. The fourth-order valence-corrected chi connectivity index (χ4v) is 1.03. The van der Waals surface area contributed by atoms with Crippen molar-refractivity contribution >= 4 is 22.5 Å². The number of nitrogens with zero attached hydrogens (tertiary/aromatic N) is 2. The van der Waals surface area contributed by atoms with Crippen molar-refractivity contribution in [3.05, 3.63) is 23.1 Å². The van der Waals surface area contributed by atoms with Gasteiger partial charge in [0, 0.05) is 27.5 Å². The highest BCUT2D eigenvalue weighted by molar-refractivity contribution is 6.30. The maximum absolute atomic E-state index is 7.23. The number of hydrogen-bond donors (Lipinski definition) is 1. The third kappa shape index (κ3) is 0.973. The zero-order valence-electron chi connectivity index (χ0n) is 8.43. The summed E-state index contributed by atoms with van der Waals surface area (Å²) >= 11 is 5.64. The molecular formula is C7H6ClN3. The van der Waals surface area contributed by atoms with Crippen LogP contribution in [0.3, 0.4) is 0 Å². The Kier molecular flexibility index (Phi) is 0.814. The molecule has 0 bridgehead atoms. The lowest BCUT2D eigenvalue weighted by atomic mass is 10.3. The van der Waals surface area contributed by atoms with Gasteiger partial charge in [-0.15, -0.1) is 0 Å². The van der Waals surface area contributed by atoms with Crippen LogP contribution < -0.4 is 0 Å². The molecule has 0 unspecified atom stereocenters. The minimum atomic E-state index is -2.20. The highest BCUT2D eigenvalue weighted by atomic mass is 35.5. The quantitative estimate of drug-likeness (QED) is 0.614. The van der Waals surface area contributed by atoms with E-state index in [-0.39, 0.29) is 5.69 Å². The van der Waals surface area contributed by atoms with Gasteiger partial charge < -0.3 is 0 Å². The van der Waals surface area contributed by atoms with E-state index in [2.05, 4.69) is 15.2 Å². The highest BCUT2D eigenvalue weighted by Crippen LogP contribution is 2.16. The van der Waals surface area contributed by atoms with Crippen molar-refractivity contribution < 1.29 is 4.11 Å². The van der Waals surface area contributed by atoms with E-state index < -0.39 is 6.85 Å². The summed E-state index contributed by atoms with van der Waals surface area (Å²) in [4.78, 5) is 3.81. The molecule has 11 heavy (non-hydrogen) atoms. The molecule has 0 aliphatic rings. The minimum absolute atomic E-state index is 0.0941. The molecule has 0 saturated heterocycles. The highest BCUT2D eigenvalue weighted by Gasteiger charge is 2.00. The number of pyridine rings is 1. The number of aromatic amines is 1. The predicted molar refractivity (Wildman–Crippen MR) is 43.6 cm³/mol. The Hall–Kier alpha value is -1.09. The van der Waals surface area contributed by atoms with Gasteiger partial charge in [0.1, 0.15) is 5.15 Å². The average Bonchev–Trinajstić information content (AvgIpc) is 2.45. The van der Waals surface area contributed by atoms with Gasteiger partial charge in [-0.3, -0.25) is 5.10 Å². The van der Waals surface area contributed by atoms with Gasteiger partial charge in [-0.05, 0) is 6.85 Å². The Morgan fingerprint density at radius 2 is 2.64 bits per heavy atom. The second-order valence-electron chi connectivity index (χ2n) is 2.12. The molecule has 0 aliphatic carbocycles. The predicted octanol–water partition coefficient (Wildman–Crippen LogP) is 1.92. The van der Waals surface area contributed by atoms with Crippen LogP contribution in [-0.2, 0) is 0 Å². The van der Waals surface area contributed by atoms with Crippen molar-refractivity contribution in [3.63, 3.8) is 0 Å². The molecule has 0 atom stereocenters. The molecule has 2 rings (SSSR count). The van der Waals surface area contributed by atoms with Crippen LogP contribution in [0.2, 0.25) is 5.15 Å². The lowest BCUT2D eigenvalue weighted by Crippen LogP contribution is -1.74. The number of fused-ring (bicyclic) bond motifs is 1. The Morgan fingerprint density at radius 1 is 1.73 bits per heavy atom. The van der Waals surface area contributed by atoms with Crippen LogP contribution in [-0.4, -0.2) is 15.2 Å². The molecule has 1 N–H and O–H groups in total. The Balaban J connectivity index is 2.70. The number of aromatic nitrogens is 3. The fraction of sp³-hybridized carbons (Fsp3) is 0.143. The molecule has 3 nitrogen and oxygen atoms in total. The van der Waals surface area contributed by atoms with E-state index >= 15 is 0 Å².